The summed E-state index contributed by atoms with van der Waals surface area (Å²) in [4.78, 5) is 22.6. The molecule has 0 bridgehead atoms. The van der Waals surface area contributed by atoms with Crippen LogP contribution in [0.15, 0.2) is 85.1 Å². The molecule has 0 saturated heterocycles. The number of carbonyl (C=O) groups is 1. The first-order chi connectivity index (χ1) is 29.8. The van der Waals surface area contributed by atoms with E-state index >= 15 is 0 Å². The van der Waals surface area contributed by atoms with Crippen molar-refractivity contribution in [2.45, 2.75) is 199 Å². The Morgan fingerprint density at radius 1 is 0.525 bits per heavy atom. The van der Waals surface area contributed by atoms with E-state index in [4.69, 9.17) is 23.6 Å². The first-order valence-corrected chi connectivity index (χ1v) is 25.6. The van der Waals surface area contributed by atoms with Crippen LogP contribution in [0.5, 0.6) is 0 Å². The molecule has 0 aliphatic rings. The summed E-state index contributed by atoms with van der Waals surface area (Å²) in [6, 6.07) is 0. The zero-order chi connectivity index (χ0) is 44.6. The molecule has 3 unspecified atom stereocenters. The molecule has 0 aromatic rings. The van der Waals surface area contributed by atoms with Crippen LogP contribution in [0.2, 0.25) is 0 Å². The molecule has 0 heterocycles. The molecule has 3 N–H and O–H groups in total. The van der Waals surface area contributed by atoms with Crippen LogP contribution in [0.3, 0.4) is 0 Å². The van der Waals surface area contributed by atoms with Crippen LogP contribution >= 0.6 is 7.82 Å². The van der Waals surface area contributed by atoms with Crippen LogP contribution in [0, 0.1) is 0 Å². The molecule has 3 atom stereocenters. The molecule has 9 nitrogen and oxygen atoms in total. The molecule has 0 rings (SSSR count). The third-order valence-corrected chi connectivity index (χ3v) is 10.8. The van der Waals surface area contributed by atoms with E-state index in [9.17, 15) is 19.4 Å². The SMILES string of the molecule is CC/C=C\C/C=C\C/C=C\C/C=C\C/C=C\CCCCCCCCCCOCC(COP(=O)(O)OCC(O)CO)OC(=O)CCCCCCC/C=C\C/C=C\CCCCCC. The Morgan fingerprint density at radius 2 is 0.934 bits per heavy atom. The Morgan fingerprint density at radius 3 is 1.41 bits per heavy atom. The van der Waals surface area contributed by atoms with E-state index in [0.29, 0.717) is 13.0 Å². The lowest BCUT2D eigenvalue weighted by molar-refractivity contribution is -0.154. The molecule has 10 heteroatoms. The second-order valence-electron chi connectivity index (χ2n) is 15.7. The Bertz CT molecular complexity index is 1220. The van der Waals surface area contributed by atoms with Crippen molar-refractivity contribution < 1.29 is 43.0 Å². The number of phosphoric acid groups is 1. The minimum atomic E-state index is -4.53. The monoisotopic (exact) mass is 877 g/mol. The van der Waals surface area contributed by atoms with Gasteiger partial charge in [0.15, 0.2) is 0 Å². The average Bonchev–Trinajstić information content (AvgIpc) is 3.25. The molecule has 0 fully saturated rings. The summed E-state index contributed by atoms with van der Waals surface area (Å²) in [7, 11) is -4.53. The lowest BCUT2D eigenvalue weighted by Crippen LogP contribution is -2.29. The molecule has 0 aromatic heterocycles. The summed E-state index contributed by atoms with van der Waals surface area (Å²) < 4.78 is 33.4. The normalized spacial score (nSPS) is 14.6. The minimum Gasteiger partial charge on any atom is -0.457 e. The zero-order valence-corrected chi connectivity index (χ0v) is 39.5. The lowest BCUT2D eigenvalue weighted by Gasteiger charge is -2.20. The topological polar surface area (TPSA) is 132 Å². The number of aliphatic hydroxyl groups excluding tert-OH is 2. The average molecular weight is 877 g/mol. The number of esters is 1. The van der Waals surface area contributed by atoms with Crippen molar-refractivity contribution in [2.24, 2.45) is 0 Å². The second kappa shape index (κ2) is 47.1. The van der Waals surface area contributed by atoms with Gasteiger partial charge in [-0.3, -0.25) is 13.8 Å². The Balaban J connectivity index is 4.15. The van der Waals surface area contributed by atoms with Gasteiger partial charge in [0.1, 0.15) is 12.2 Å². The van der Waals surface area contributed by atoms with Crippen molar-refractivity contribution in [3.8, 4) is 0 Å². The fourth-order valence-electron chi connectivity index (χ4n) is 6.18. The van der Waals surface area contributed by atoms with Gasteiger partial charge in [-0.1, -0.05) is 176 Å². The van der Waals surface area contributed by atoms with Gasteiger partial charge >= 0.3 is 13.8 Å². The maximum Gasteiger partial charge on any atom is 0.472 e. The van der Waals surface area contributed by atoms with E-state index in [0.717, 1.165) is 96.3 Å². The number of phosphoric ester groups is 1. The quantitative estimate of drug-likeness (QED) is 0.0237. The summed E-state index contributed by atoms with van der Waals surface area (Å²) >= 11 is 0. The van der Waals surface area contributed by atoms with Crippen LogP contribution in [-0.4, -0.2) is 66.3 Å². The second-order valence-corrected chi connectivity index (χ2v) is 17.2. The van der Waals surface area contributed by atoms with Crippen molar-refractivity contribution >= 4 is 13.8 Å². The number of carbonyl (C=O) groups excluding carboxylic acids is 1. The maximum atomic E-state index is 12.6. The predicted octanol–water partition coefficient (Wildman–Crippen LogP) is 13.9. The van der Waals surface area contributed by atoms with Gasteiger partial charge in [0.05, 0.1) is 26.4 Å². The van der Waals surface area contributed by atoms with E-state index in [1.807, 2.05) is 0 Å². The summed E-state index contributed by atoms with van der Waals surface area (Å²) in [5, 5.41) is 18.4. The first kappa shape index (κ1) is 58.6. The highest BCUT2D eigenvalue weighted by molar-refractivity contribution is 7.47. The summed E-state index contributed by atoms with van der Waals surface area (Å²) in [6.45, 7) is 3.34. The highest BCUT2D eigenvalue weighted by Crippen LogP contribution is 2.43. The molecule has 352 valence electrons. The van der Waals surface area contributed by atoms with Crippen molar-refractivity contribution in [2.75, 3.05) is 33.0 Å². The Labute approximate surface area is 373 Å². The fourth-order valence-corrected chi connectivity index (χ4v) is 6.97. The first-order valence-electron chi connectivity index (χ1n) is 24.1. The van der Waals surface area contributed by atoms with Gasteiger partial charge < -0.3 is 24.6 Å². The van der Waals surface area contributed by atoms with Gasteiger partial charge in [-0.15, -0.1) is 0 Å². The summed E-state index contributed by atoms with van der Waals surface area (Å²) in [6.07, 6.45) is 58.3. The van der Waals surface area contributed by atoms with Crippen LogP contribution in [0.1, 0.15) is 187 Å². The molecular weight excluding hydrogens is 788 g/mol. The molecule has 0 saturated carbocycles. The molecule has 0 spiro atoms. The summed E-state index contributed by atoms with van der Waals surface area (Å²) in [5.74, 6) is -0.402. The van der Waals surface area contributed by atoms with Crippen LogP contribution in [-0.2, 0) is 27.9 Å². The van der Waals surface area contributed by atoms with Crippen molar-refractivity contribution in [3.05, 3.63) is 85.1 Å². The van der Waals surface area contributed by atoms with Gasteiger partial charge in [-0.2, -0.15) is 0 Å². The molecule has 0 amide bonds. The van der Waals surface area contributed by atoms with Crippen LogP contribution < -0.4 is 0 Å². The smallest absolute Gasteiger partial charge is 0.457 e. The minimum absolute atomic E-state index is 0.0329. The molecule has 0 aliphatic carbocycles. The molecule has 0 radical (unpaired) electrons. The van der Waals surface area contributed by atoms with Crippen LogP contribution in [0.25, 0.3) is 0 Å². The van der Waals surface area contributed by atoms with E-state index in [-0.39, 0.29) is 13.0 Å². The van der Waals surface area contributed by atoms with Crippen molar-refractivity contribution in [1.82, 2.24) is 0 Å². The Hall–Kier alpha value is -2.36. The summed E-state index contributed by atoms with van der Waals surface area (Å²) in [5.41, 5.74) is 0. The van der Waals surface area contributed by atoms with Crippen LogP contribution in [0.4, 0.5) is 0 Å². The van der Waals surface area contributed by atoms with E-state index in [1.54, 1.807) is 0 Å². The van der Waals surface area contributed by atoms with Gasteiger partial charge in [0.25, 0.3) is 0 Å². The number of hydrogen-bond donors (Lipinski definition) is 3. The van der Waals surface area contributed by atoms with E-state index < -0.39 is 45.8 Å². The van der Waals surface area contributed by atoms with Crippen molar-refractivity contribution in [3.63, 3.8) is 0 Å². The molecular formula is C51H89O9P. The zero-order valence-electron chi connectivity index (χ0n) is 38.6. The largest absolute Gasteiger partial charge is 0.472 e. The Kier molecular flexibility index (Phi) is 45.3. The predicted molar refractivity (Wildman–Crippen MR) is 256 cm³/mol. The van der Waals surface area contributed by atoms with Gasteiger partial charge in [-0.25, -0.2) is 4.57 Å². The standard InChI is InChI=1S/C51H89O9P/c1-3-5-7-9-11-13-15-17-19-21-22-23-24-25-26-27-28-30-32-34-36-38-40-42-44-57-47-50(48-59-61(55,56)58-46-49(53)45-52)60-51(54)43-41-39-37-35-33-31-29-20-18-16-14-12-10-8-6-4-2/h5,7,11,13-14,16-17,19-20,22-23,25-26,29,49-50,52-53H,3-4,6,8-10,12,15,18,21,24,27-28,30-48H2,1-2H3,(H,55,56)/b7-5-,13-11-,16-14-,19-17-,23-22-,26-25-,29-20-. The number of ether oxygens (including phenoxy) is 2. The van der Waals surface area contributed by atoms with Crippen molar-refractivity contribution in [1.29, 1.82) is 0 Å². The number of unbranched alkanes of at least 4 members (excludes halogenated alkanes) is 17. The van der Waals surface area contributed by atoms with Gasteiger partial charge in [-0.05, 0) is 89.9 Å². The number of hydrogen-bond acceptors (Lipinski definition) is 8. The lowest BCUT2D eigenvalue weighted by atomic mass is 10.1. The number of rotatable bonds is 45. The van der Waals surface area contributed by atoms with Gasteiger partial charge in [0, 0.05) is 13.0 Å². The maximum absolute atomic E-state index is 12.6. The fraction of sp³-hybridized carbons (Fsp3) is 0.706. The third kappa shape index (κ3) is 47.0. The highest BCUT2D eigenvalue weighted by Gasteiger charge is 2.26. The molecule has 0 aliphatic heterocycles. The van der Waals surface area contributed by atoms with E-state index in [1.165, 1.54) is 64.2 Å². The molecule has 0 aromatic carbocycles. The third-order valence-electron chi connectivity index (χ3n) is 9.81. The molecule has 61 heavy (non-hydrogen) atoms. The highest BCUT2D eigenvalue weighted by atomic mass is 31.2. The number of aliphatic hydroxyl groups is 2. The van der Waals surface area contributed by atoms with E-state index in [2.05, 4.69) is 98.9 Å². The van der Waals surface area contributed by atoms with Gasteiger partial charge in [0.2, 0.25) is 0 Å². The number of allylic oxidation sites excluding steroid dienone is 14.